The van der Waals surface area contributed by atoms with Crippen molar-refractivity contribution in [2.45, 2.75) is 19.8 Å². The van der Waals surface area contributed by atoms with Crippen LogP contribution in [0, 0.1) is 23.6 Å². The number of hydrogen-bond donors (Lipinski definition) is 1. The van der Waals surface area contributed by atoms with E-state index in [0.29, 0.717) is 18.5 Å². The van der Waals surface area contributed by atoms with Crippen molar-refractivity contribution in [2.75, 3.05) is 11.4 Å². The highest BCUT2D eigenvalue weighted by atomic mass is 19.1. The van der Waals surface area contributed by atoms with E-state index < -0.39 is 5.82 Å². The first-order valence-electron chi connectivity index (χ1n) is 6.37. The Bertz CT molecular complexity index is 598. The summed E-state index contributed by atoms with van der Waals surface area (Å²) in [6.45, 7) is 1.97. The van der Waals surface area contributed by atoms with Crippen molar-refractivity contribution in [1.82, 2.24) is 0 Å². The van der Waals surface area contributed by atoms with Crippen molar-refractivity contribution in [1.29, 1.82) is 0 Å². The van der Waals surface area contributed by atoms with Crippen LogP contribution < -0.4 is 10.6 Å². The molecule has 2 N–H and O–H groups in total. The minimum absolute atomic E-state index is 0.0446. The number of halogens is 1. The molecule has 0 saturated carbocycles. The van der Waals surface area contributed by atoms with Crippen molar-refractivity contribution >= 4 is 17.5 Å². The van der Waals surface area contributed by atoms with Crippen LogP contribution in [0.25, 0.3) is 0 Å². The first kappa shape index (κ1) is 14.2. The molecule has 1 saturated heterocycles. The first-order valence-corrected chi connectivity index (χ1v) is 6.37. The Labute approximate surface area is 116 Å². The summed E-state index contributed by atoms with van der Waals surface area (Å²) < 4.78 is 13.6. The van der Waals surface area contributed by atoms with Gasteiger partial charge in [0.05, 0.1) is 17.8 Å². The predicted molar refractivity (Wildman–Crippen MR) is 73.2 cm³/mol. The molecule has 1 aliphatic rings. The van der Waals surface area contributed by atoms with Crippen LogP contribution in [0.4, 0.5) is 10.1 Å². The summed E-state index contributed by atoms with van der Waals surface area (Å²) >= 11 is 0. The number of amides is 2. The van der Waals surface area contributed by atoms with E-state index in [1.165, 1.54) is 18.2 Å². The molecular formula is C15H15FN2O2. The molecule has 4 nitrogen and oxygen atoms in total. The van der Waals surface area contributed by atoms with Crippen molar-refractivity contribution < 1.29 is 14.0 Å². The zero-order chi connectivity index (χ0) is 14.7. The number of rotatable bonds is 1. The lowest BCUT2D eigenvalue weighted by Gasteiger charge is -2.28. The molecule has 0 unspecified atom stereocenters. The smallest absolute Gasteiger partial charge is 0.234 e. The molecule has 1 fully saturated rings. The van der Waals surface area contributed by atoms with Crippen LogP contribution in [0.3, 0.4) is 0 Å². The lowest BCUT2D eigenvalue weighted by Crippen LogP contribution is -2.42. The van der Waals surface area contributed by atoms with Gasteiger partial charge in [0.15, 0.2) is 0 Å². The zero-order valence-corrected chi connectivity index (χ0v) is 11.1. The highest BCUT2D eigenvalue weighted by molar-refractivity contribution is 6.16. The van der Waals surface area contributed by atoms with Gasteiger partial charge in [-0.2, -0.15) is 0 Å². The van der Waals surface area contributed by atoms with Gasteiger partial charge in [0, 0.05) is 12.8 Å². The van der Waals surface area contributed by atoms with Crippen molar-refractivity contribution in [3.8, 4) is 11.8 Å². The predicted octanol–water partition coefficient (Wildman–Crippen LogP) is 1.43. The van der Waals surface area contributed by atoms with Crippen molar-refractivity contribution in [3.63, 3.8) is 0 Å². The maximum absolute atomic E-state index is 13.6. The second-order valence-electron chi connectivity index (χ2n) is 4.81. The van der Waals surface area contributed by atoms with Gasteiger partial charge in [0.25, 0.3) is 0 Å². The number of carbonyl (C=O) groups is 2. The number of imide groups is 1. The SMILES string of the molecule is CC1CC(=O)N(c2ccc(F)c(C#CCN)c2)C(=O)C1. The molecule has 0 radical (unpaired) electrons. The number of anilines is 1. The monoisotopic (exact) mass is 274 g/mol. The third-order valence-electron chi connectivity index (χ3n) is 3.08. The Morgan fingerprint density at radius 3 is 2.60 bits per heavy atom. The summed E-state index contributed by atoms with van der Waals surface area (Å²) in [5, 5.41) is 0. The summed E-state index contributed by atoms with van der Waals surface area (Å²) in [6.07, 6.45) is 0.625. The first-order chi connectivity index (χ1) is 9.52. The normalized spacial score (nSPS) is 16.1. The van der Waals surface area contributed by atoms with E-state index in [1.807, 2.05) is 6.92 Å². The Morgan fingerprint density at radius 2 is 2.00 bits per heavy atom. The maximum Gasteiger partial charge on any atom is 0.234 e. The van der Waals surface area contributed by atoms with Crippen LogP contribution in [0.2, 0.25) is 0 Å². The molecule has 0 bridgehead atoms. The number of nitrogens with two attached hydrogens (primary N) is 1. The minimum Gasteiger partial charge on any atom is -0.320 e. The highest BCUT2D eigenvalue weighted by Crippen LogP contribution is 2.26. The molecule has 2 rings (SSSR count). The molecule has 104 valence electrons. The van der Waals surface area contributed by atoms with Gasteiger partial charge in [-0.25, -0.2) is 4.39 Å². The second kappa shape index (κ2) is 5.85. The standard InChI is InChI=1S/C15H15FN2O2/c1-10-7-14(19)18(15(20)8-10)12-4-5-13(16)11(9-12)3-2-6-17/h4-5,9-10H,6-8,17H2,1H3. The van der Waals surface area contributed by atoms with Gasteiger partial charge in [-0.3, -0.25) is 14.5 Å². The maximum atomic E-state index is 13.6. The number of benzene rings is 1. The van der Waals surface area contributed by atoms with Gasteiger partial charge in [-0.1, -0.05) is 18.8 Å². The molecule has 1 aliphatic heterocycles. The van der Waals surface area contributed by atoms with E-state index in [2.05, 4.69) is 11.8 Å². The Balaban J connectivity index is 2.37. The van der Waals surface area contributed by atoms with Crippen LogP contribution in [0.1, 0.15) is 25.3 Å². The van der Waals surface area contributed by atoms with Crippen molar-refractivity contribution in [3.05, 3.63) is 29.6 Å². The van der Waals surface area contributed by atoms with Gasteiger partial charge in [-0.15, -0.1) is 0 Å². The molecule has 20 heavy (non-hydrogen) atoms. The number of nitrogens with zero attached hydrogens (tertiary/aromatic N) is 1. The molecule has 0 atom stereocenters. The van der Waals surface area contributed by atoms with E-state index in [9.17, 15) is 14.0 Å². The van der Waals surface area contributed by atoms with E-state index in [4.69, 9.17) is 5.73 Å². The lowest BCUT2D eigenvalue weighted by molar-refractivity contribution is -0.130. The van der Waals surface area contributed by atoms with E-state index in [0.717, 1.165) is 4.90 Å². The number of hydrogen-bond acceptors (Lipinski definition) is 3. The Hall–Kier alpha value is -2.19. The Morgan fingerprint density at radius 1 is 1.35 bits per heavy atom. The molecule has 2 amide bonds. The van der Waals surface area contributed by atoms with Crippen LogP contribution in [-0.4, -0.2) is 18.4 Å². The third kappa shape index (κ3) is 2.86. The molecule has 0 spiro atoms. The highest BCUT2D eigenvalue weighted by Gasteiger charge is 2.31. The largest absolute Gasteiger partial charge is 0.320 e. The van der Waals surface area contributed by atoms with E-state index in [-0.39, 0.29) is 29.8 Å². The minimum atomic E-state index is -0.500. The average Bonchev–Trinajstić information content (AvgIpc) is 2.38. The molecule has 5 heteroatoms. The fourth-order valence-corrected chi connectivity index (χ4v) is 2.17. The molecular weight excluding hydrogens is 259 g/mol. The fourth-order valence-electron chi connectivity index (χ4n) is 2.17. The molecule has 0 aromatic heterocycles. The zero-order valence-electron chi connectivity index (χ0n) is 11.1. The van der Waals surface area contributed by atoms with Crippen LogP contribution in [-0.2, 0) is 9.59 Å². The summed E-state index contributed by atoms with van der Waals surface area (Å²) in [5.74, 6) is 4.16. The molecule has 1 aromatic carbocycles. The summed E-state index contributed by atoms with van der Waals surface area (Å²) in [7, 11) is 0. The van der Waals surface area contributed by atoms with E-state index in [1.54, 1.807) is 0 Å². The Kier molecular flexibility index (Phi) is 4.16. The molecule has 0 aliphatic carbocycles. The summed E-state index contributed by atoms with van der Waals surface area (Å²) in [4.78, 5) is 25.1. The van der Waals surface area contributed by atoms with Crippen LogP contribution >= 0.6 is 0 Å². The number of carbonyl (C=O) groups excluding carboxylic acids is 2. The molecule has 1 aromatic rings. The summed E-state index contributed by atoms with van der Waals surface area (Å²) in [5.41, 5.74) is 5.74. The second-order valence-corrected chi connectivity index (χ2v) is 4.81. The van der Waals surface area contributed by atoms with Crippen LogP contribution in [0.5, 0.6) is 0 Å². The van der Waals surface area contributed by atoms with Gasteiger partial charge in [0.2, 0.25) is 11.8 Å². The van der Waals surface area contributed by atoms with Gasteiger partial charge in [-0.05, 0) is 24.1 Å². The van der Waals surface area contributed by atoms with Gasteiger partial charge >= 0.3 is 0 Å². The third-order valence-corrected chi connectivity index (χ3v) is 3.08. The van der Waals surface area contributed by atoms with Gasteiger partial charge in [0.1, 0.15) is 5.82 Å². The number of piperidine rings is 1. The lowest BCUT2D eigenvalue weighted by atomic mass is 9.97. The summed E-state index contributed by atoms with van der Waals surface area (Å²) in [6, 6.07) is 4.02. The van der Waals surface area contributed by atoms with Gasteiger partial charge < -0.3 is 5.73 Å². The molecule has 1 heterocycles. The fraction of sp³-hybridized carbons (Fsp3) is 0.333. The average molecular weight is 274 g/mol. The topological polar surface area (TPSA) is 63.4 Å². The van der Waals surface area contributed by atoms with E-state index >= 15 is 0 Å². The van der Waals surface area contributed by atoms with Crippen molar-refractivity contribution in [2.24, 2.45) is 11.7 Å². The van der Waals surface area contributed by atoms with Crippen LogP contribution in [0.15, 0.2) is 18.2 Å². The quantitative estimate of drug-likeness (QED) is 0.622.